The highest BCUT2D eigenvalue weighted by Crippen LogP contribution is 2.17. The van der Waals surface area contributed by atoms with Crippen molar-refractivity contribution in [1.29, 1.82) is 0 Å². The van der Waals surface area contributed by atoms with Gasteiger partial charge in [0.15, 0.2) is 0 Å². The fraction of sp³-hybridized carbons (Fsp3) is 1.00. The maximum atomic E-state index is 11.9. The van der Waals surface area contributed by atoms with Crippen LogP contribution >= 0.6 is 0 Å². The molecular formula is C9H19F5Si2. The van der Waals surface area contributed by atoms with Gasteiger partial charge in [0.2, 0.25) is 6.43 Å². The van der Waals surface area contributed by atoms with Crippen LogP contribution < -0.4 is 0 Å². The summed E-state index contributed by atoms with van der Waals surface area (Å²) in [7, 11) is -5.85. The smallest absolute Gasteiger partial charge is 0.238 e. The molecule has 0 aromatic heterocycles. The van der Waals surface area contributed by atoms with Gasteiger partial charge in [-0.05, 0) is 6.42 Å². The van der Waals surface area contributed by atoms with Gasteiger partial charge in [0.05, 0.1) is 0 Å². The van der Waals surface area contributed by atoms with Gasteiger partial charge in [0.25, 0.3) is 0 Å². The van der Waals surface area contributed by atoms with Crippen molar-refractivity contribution >= 4 is 18.6 Å². The molecule has 0 saturated heterocycles. The summed E-state index contributed by atoms with van der Waals surface area (Å²) >= 11 is 0. The third kappa shape index (κ3) is 14.1. The topological polar surface area (TPSA) is 0 Å². The summed E-state index contributed by atoms with van der Waals surface area (Å²) in [6.45, 7) is 0. The van der Waals surface area contributed by atoms with E-state index in [1.54, 1.807) is 0 Å². The van der Waals surface area contributed by atoms with Gasteiger partial charge in [-0.25, -0.2) is 21.1 Å². The molecule has 0 aromatic rings. The van der Waals surface area contributed by atoms with E-state index in [-0.39, 0.29) is 6.42 Å². The molecule has 0 fully saturated rings. The summed E-state index contributed by atoms with van der Waals surface area (Å²) in [4.78, 5) is 0. The molecule has 0 aliphatic carbocycles. The molecule has 0 bridgehead atoms. The minimum absolute atomic E-state index is 0.0445. The molecule has 0 aliphatic rings. The fourth-order valence-corrected chi connectivity index (χ4v) is 5.17. The molecule has 0 atom stereocenters. The lowest BCUT2D eigenvalue weighted by Gasteiger charge is -2.02. The predicted octanol–water partition coefficient (Wildman–Crippen LogP) is 4.05. The van der Waals surface area contributed by atoms with Gasteiger partial charge in [0, 0.05) is 22.0 Å². The van der Waals surface area contributed by atoms with Gasteiger partial charge in [-0.2, -0.15) is 0 Å². The summed E-state index contributed by atoms with van der Waals surface area (Å²) in [6, 6.07) is 0.802. The van der Waals surface area contributed by atoms with Crippen molar-refractivity contribution in [2.24, 2.45) is 0 Å². The van der Waals surface area contributed by atoms with E-state index in [9.17, 15) is 21.1 Å². The molecule has 0 amide bonds. The van der Waals surface area contributed by atoms with Gasteiger partial charge < -0.3 is 0 Å². The molecule has 16 heavy (non-hydrogen) atoms. The monoisotopic (exact) mass is 278 g/mol. The molecule has 98 valence electrons. The number of alkyl halides is 2. The van der Waals surface area contributed by atoms with Crippen LogP contribution in [0.5, 0.6) is 0 Å². The second kappa shape index (κ2) is 9.15. The molecule has 0 rings (SSSR count). The van der Waals surface area contributed by atoms with Crippen molar-refractivity contribution < 1.29 is 21.1 Å². The van der Waals surface area contributed by atoms with Crippen molar-refractivity contribution in [1.82, 2.24) is 0 Å². The minimum Gasteiger partial charge on any atom is -0.238 e. The van der Waals surface area contributed by atoms with Crippen molar-refractivity contribution in [2.45, 2.75) is 56.7 Å². The molecule has 0 radical (unpaired) electrons. The maximum Gasteiger partial charge on any atom is 0.615 e. The van der Waals surface area contributed by atoms with E-state index in [1.807, 2.05) is 0 Å². The van der Waals surface area contributed by atoms with Crippen LogP contribution in [0.2, 0.25) is 18.1 Å². The lowest BCUT2D eigenvalue weighted by Crippen LogP contribution is -2.14. The quantitative estimate of drug-likeness (QED) is 0.245. The highest BCUT2D eigenvalue weighted by Gasteiger charge is 2.35. The van der Waals surface area contributed by atoms with Crippen molar-refractivity contribution in [3.8, 4) is 0 Å². The lowest BCUT2D eigenvalue weighted by molar-refractivity contribution is 0.134. The van der Waals surface area contributed by atoms with Gasteiger partial charge in [-0.1, -0.05) is 31.4 Å². The Bertz CT molecular complexity index is 160. The first-order chi connectivity index (χ1) is 7.42. The Balaban J connectivity index is 3.05. The average molecular weight is 278 g/mol. The second-order valence-corrected chi connectivity index (χ2v) is 7.87. The summed E-state index contributed by atoms with van der Waals surface area (Å²) in [5, 5.41) is 0. The zero-order valence-corrected chi connectivity index (χ0v) is 11.7. The Morgan fingerprint density at radius 1 is 0.875 bits per heavy atom. The number of hydrogen-bond donors (Lipinski definition) is 0. The zero-order valence-electron chi connectivity index (χ0n) is 9.33. The number of rotatable bonds is 10. The molecule has 0 heterocycles. The highest BCUT2D eigenvalue weighted by atomic mass is 28.5. The minimum atomic E-state index is -5.30. The van der Waals surface area contributed by atoms with Crippen LogP contribution in [0.4, 0.5) is 21.1 Å². The SMILES string of the molecule is FC(F)CCCCCC[SiH2]CC[Si](F)(F)F. The van der Waals surface area contributed by atoms with Crippen LogP contribution in [0.1, 0.15) is 32.1 Å². The molecule has 0 aliphatic heterocycles. The third-order valence-electron chi connectivity index (χ3n) is 2.38. The van der Waals surface area contributed by atoms with Crippen molar-refractivity contribution in [2.75, 3.05) is 0 Å². The van der Waals surface area contributed by atoms with E-state index >= 15 is 0 Å². The van der Waals surface area contributed by atoms with Crippen LogP contribution in [-0.4, -0.2) is 25.0 Å². The van der Waals surface area contributed by atoms with Gasteiger partial charge in [-0.15, -0.1) is 0 Å². The maximum absolute atomic E-state index is 11.9. The first kappa shape index (κ1) is 16.1. The van der Waals surface area contributed by atoms with Crippen LogP contribution in [0.15, 0.2) is 0 Å². The van der Waals surface area contributed by atoms with Gasteiger partial charge in [0.1, 0.15) is 0 Å². The molecule has 0 saturated carbocycles. The summed E-state index contributed by atoms with van der Waals surface area (Å²) in [5.41, 5.74) is 0. The molecule has 0 nitrogen and oxygen atoms in total. The molecule has 7 heteroatoms. The number of unbranched alkanes of at least 4 members (excludes halogenated alkanes) is 3. The number of halogens is 5. The van der Waals surface area contributed by atoms with Crippen LogP contribution in [0.25, 0.3) is 0 Å². The first-order valence-corrected chi connectivity index (χ1v) is 9.61. The van der Waals surface area contributed by atoms with Crippen LogP contribution in [-0.2, 0) is 0 Å². The Hall–Kier alpha value is 0.0838. The Morgan fingerprint density at radius 2 is 1.50 bits per heavy atom. The van der Waals surface area contributed by atoms with Crippen molar-refractivity contribution in [3.05, 3.63) is 0 Å². The number of hydrogen-bond acceptors (Lipinski definition) is 0. The molecule has 0 aromatic carbocycles. The van der Waals surface area contributed by atoms with Gasteiger partial charge in [-0.3, -0.25) is 0 Å². The van der Waals surface area contributed by atoms with E-state index in [4.69, 9.17) is 0 Å². The summed E-state index contributed by atoms with van der Waals surface area (Å²) in [6.07, 6.45) is 0.877. The van der Waals surface area contributed by atoms with E-state index in [2.05, 4.69) is 0 Å². The highest BCUT2D eigenvalue weighted by molar-refractivity contribution is 6.59. The van der Waals surface area contributed by atoms with E-state index in [0.717, 1.165) is 25.3 Å². The van der Waals surface area contributed by atoms with Crippen LogP contribution in [0.3, 0.4) is 0 Å². The van der Waals surface area contributed by atoms with E-state index in [0.29, 0.717) is 12.5 Å². The Labute approximate surface area is 97.0 Å². The second-order valence-electron chi connectivity index (χ2n) is 4.02. The van der Waals surface area contributed by atoms with Gasteiger partial charge >= 0.3 is 9.08 Å². The largest absolute Gasteiger partial charge is 0.615 e. The molecular weight excluding hydrogens is 259 g/mol. The summed E-state index contributed by atoms with van der Waals surface area (Å²) < 4.78 is 59.1. The zero-order chi connectivity index (χ0) is 12.4. The van der Waals surface area contributed by atoms with E-state index in [1.165, 1.54) is 0 Å². The molecule has 0 unspecified atom stereocenters. The first-order valence-electron chi connectivity index (χ1n) is 5.77. The third-order valence-corrected chi connectivity index (χ3v) is 5.86. The Kier molecular flexibility index (Phi) is 9.20. The molecule has 0 spiro atoms. The van der Waals surface area contributed by atoms with E-state index < -0.39 is 31.1 Å². The standard InChI is InChI=1S/C9H19F5Si2/c10-9(11)5-3-1-2-4-6-15-7-8-16(12,13)14/h9H,1-8,15H2. The van der Waals surface area contributed by atoms with Crippen LogP contribution in [0, 0.1) is 0 Å². The molecule has 0 N–H and O–H groups in total. The fourth-order valence-electron chi connectivity index (χ4n) is 1.51. The lowest BCUT2D eigenvalue weighted by atomic mass is 10.2. The normalized spacial score (nSPS) is 13.1. The predicted molar refractivity (Wildman–Crippen MR) is 61.1 cm³/mol. The average Bonchev–Trinajstić information content (AvgIpc) is 2.13. The Morgan fingerprint density at radius 3 is 2.06 bits per heavy atom. The summed E-state index contributed by atoms with van der Waals surface area (Å²) in [5.74, 6) is 0. The van der Waals surface area contributed by atoms with Crippen molar-refractivity contribution in [3.63, 3.8) is 0 Å².